The van der Waals surface area contributed by atoms with E-state index in [2.05, 4.69) is 16.8 Å². The molecule has 0 aliphatic heterocycles. The van der Waals surface area contributed by atoms with Gasteiger partial charge in [-0.3, -0.25) is 10.1 Å². The molecule has 0 amide bonds. The Labute approximate surface area is 159 Å². The fraction of sp³-hybridized carbons (Fsp3) is 0. The van der Waals surface area contributed by atoms with E-state index in [4.69, 9.17) is 0 Å². The lowest BCUT2D eigenvalue weighted by Gasteiger charge is -2.04. The average molecular weight is 368 g/mol. The Balaban J connectivity index is 1.90. The number of hydrogen-bond donors (Lipinski definition) is 1. The molecular weight excluding hydrogens is 356 g/mol. The van der Waals surface area contributed by atoms with Gasteiger partial charge in [-0.25, -0.2) is 9.78 Å². The first-order valence-electron chi connectivity index (χ1n) is 8.35. The quantitative estimate of drug-likeness (QED) is 0.322. The lowest BCUT2D eigenvalue weighted by atomic mass is 10.0. The second-order valence-corrected chi connectivity index (χ2v) is 6.10. The van der Waals surface area contributed by atoms with E-state index in [1.807, 2.05) is 42.5 Å². The van der Waals surface area contributed by atoms with E-state index in [-0.39, 0.29) is 16.9 Å². The second-order valence-electron chi connectivity index (χ2n) is 6.10. The highest BCUT2D eigenvalue weighted by Gasteiger charge is 2.18. The molecule has 0 atom stereocenters. The van der Waals surface area contributed by atoms with Crippen LogP contribution in [0.2, 0.25) is 0 Å². The zero-order valence-corrected chi connectivity index (χ0v) is 14.4. The standard InChI is InChI=1S/C22H12N2O4/c25-22(26)19-13-17(18-6-3-7-20(24(27)28)21(18)23-19)11-9-14-8-10-15-4-1-2-5-16(15)12-14/h1-8,10,12-13H,(H,25,26). The second kappa shape index (κ2) is 6.82. The molecule has 0 aliphatic carbocycles. The molecule has 1 aromatic heterocycles. The van der Waals surface area contributed by atoms with E-state index in [1.54, 1.807) is 6.07 Å². The Kier molecular flexibility index (Phi) is 4.18. The molecule has 1 N–H and O–H groups in total. The molecule has 134 valence electrons. The van der Waals surface area contributed by atoms with Crippen molar-refractivity contribution in [3.05, 3.63) is 93.7 Å². The molecule has 4 rings (SSSR count). The van der Waals surface area contributed by atoms with Crippen molar-refractivity contribution in [1.29, 1.82) is 0 Å². The number of benzene rings is 3. The Bertz CT molecular complexity index is 1330. The molecule has 0 fully saturated rings. The smallest absolute Gasteiger partial charge is 0.354 e. The van der Waals surface area contributed by atoms with Crippen molar-refractivity contribution in [2.24, 2.45) is 0 Å². The number of para-hydroxylation sites is 1. The zero-order valence-electron chi connectivity index (χ0n) is 14.4. The first-order chi connectivity index (χ1) is 13.5. The van der Waals surface area contributed by atoms with E-state index in [1.165, 1.54) is 18.2 Å². The highest BCUT2D eigenvalue weighted by Crippen LogP contribution is 2.27. The highest BCUT2D eigenvalue weighted by atomic mass is 16.6. The van der Waals surface area contributed by atoms with Gasteiger partial charge < -0.3 is 5.11 Å². The molecular formula is C22H12N2O4. The van der Waals surface area contributed by atoms with Crippen molar-refractivity contribution in [1.82, 2.24) is 4.98 Å². The van der Waals surface area contributed by atoms with E-state index >= 15 is 0 Å². The maximum atomic E-state index is 11.4. The summed E-state index contributed by atoms with van der Waals surface area (Å²) in [6.07, 6.45) is 0. The summed E-state index contributed by atoms with van der Waals surface area (Å²) >= 11 is 0. The number of carboxylic acid groups (broad SMARTS) is 1. The van der Waals surface area contributed by atoms with Crippen LogP contribution in [0.25, 0.3) is 21.7 Å². The molecule has 3 aromatic carbocycles. The number of nitro benzene ring substituents is 1. The van der Waals surface area contributed by atoms with Gasteiger partial charge >= 0.3 is 5.97 Å². The van der Waals surface area contributed by atoms with Gasteiger partial charge in [-0.2, -0.15) is 0 Å². The Morgan fingerprint density at radius 1 is 0.964 bits per heavy atom. The average Bonchev–Trinajstić information content (AvgIpc) is 2.71. The predicted molar refractivity (Wildman–Crippen MR) is 105 cm³/mol. The maximum absolute atomic E-state index is 11.4. The SMILES string of the molecule is O=C(O)c1cc(C#Cc2ccc3ccccc3c2)c2cccc([N+](=O)[O-])c2n1. The molecule has 4 aromatic rings. The molecule has 28 heavy (non-hydrogen) atoms. The number of rotatable bonds is 2. The Hall–Kier alpha value is -4.24. The van der Waals surface area contributed by atoms with Crippen LogP contribution in [0.4, 0.5) is 5.69 Å². The van der Waals surface area contributed by atoms with Crippen molar-refractivity contribution in [2.75, 3.05) is 0 Å². The number of non-ortho nitro benzene ring substituents is 1. The fourth-order valence-electron chi connectivity index (χ4n) is 3.00. The lowest BCUT2D eigenvalue weighted by molar-refractivity contribution is -0.383. The summed E-state index contributed by atoms with van der Waals surface area (Å²) in [4.78, 5) is 26.1. The van der Waals surface area contributed by atoms with E-state index < -0.39 is 10.9 Å². The van der Waals surface area contributed by atoms with Gasteiger partial charge in [-0.1, -0.05) is 54.3 Å². The molecule has 1 heterocycles. The summed E-state index contributed by atoms with van der Waals surface area (Å²) in [5, 5.41) is 23.2. The molecule has 0 aliphatic rings. The normalized spacial score (nSPS) is 10.4. The highest BCUT2D eigenvalue weighted by molar-refractivity contribution is 5.96. The third-order valence-corrected chi connectivity index (χ3v) is 4.32. The van der Waals surface area contributed by atoms with Crippen LogP contribution in [-0.2, 0) is 0 Å². The van der Waals surface area contributed by atoms with Gasteiger partial charge in [0, 0.05) is 22.6 Å². The van der Waals surface area contributed by atoms with Gasteiger partial charge in [0.15, 0.2) is 0 Å². The third-order valence-electron chi connectivity index (χ3n) is 4.32. The number of nitrogens with zero attached hydrogens (tertiary/aromatic N) is 2. The number of pyridine rings is 1. The van der Waals surface area contributed by atoms with Crippen molar-refractivity contribution in [3.63, 3.8) is 0 Å². The number of hydrogen-bond acceptors (Lipinski definition) is 4. The van der Waals surface area contributed by atoms with Gasteiger partial charge in [-0.05, 0) is 29.0 Å². The van der Waals surface area contributed by atoms with Gasteiger partial charge in [0.05, 0.1) is 4.92 Å². The first kappa shape index (κ1) is 17.2. The number of fused-ring (bicyclic) bond motifs is 2. The summed E-state index contributed by atoms with van der Waals surface area (Å²) < 4.78 is 0. The third kappa shape index (κ3) is 3.13. The summed E-state index contributed by atoms with van der Waals surface area (Å²) in [5.74, 6) is 4.70. The predicted octanol–water partition coefficient (Wildman–Crippen LogP) is 4.39. The number of aromatic nitrogens is 1. The molecule has 0 spiro atoms. The Morgan fingerprint density at radius 2 is 1.75 bits per heavy atom. The topological polar surface area (TPSA) is 93.3 Å². The number of nitro groups is 1. The zero-order chi connectivity index (χ0) is 19.7. The fourth-order valence-corrected chi connectivity index (χ4v) is 3.00. The van der Waals surface area contributed by atoms with Crippen molar-refractivity contribution < 1.29 is 14.8 Å². The minimum atomic E-state index is -1.27. The van der Waals surface area contributed by atoms with Crippen molar-refractivity contribution >= 4 is 33.3 Å². The maximum Gasteiger partial charge on any atom is 0.354 e. The van der Waals surface area contributed by atoms with Crippen molar-refractivity contribution in [3.8, 4) is 11.8 Å². The summed E-state index contributed by atoms with van der Waals surface area (Å²) in [5.41, 5.74) is 0.597. The molecule has 6 nitrogen and oxygen atoms in total. The molecule has 0 saturated carbocycles. The van der Waals surface area contributed by atoms with Crippen LogP contribution in [0.1, 0.15) is 21.6 Å². The largest absolute Gasteiger partial charge is 0.477 e. The molecule has 0 saturated heterocycles. The monoisotopic (exact) mass is 368 g/mol. The van der Waals surface area contributed by atoms with Gasteiger partial charge in [-0.15, -0.1) is 0 Å². The Morgan fingerprint density at radius 3 is 2.50 bits per heavy atom. The van der Waals surface area contributed by atoms with Gasteiger partial charge in [0.2, 0.25) is 0 Å². The molecule has 0 bridgehead atoms. The summed E-state index contributed by atoms with van der Waals surface area (Å²) in [6, 6.07) is 19.4. The number of aromatic carboxylic acids is 1. The van der Waals surface area contributed by atoms with Gasteiger partial charge in [0.25, 0.3) is 5.69 Å². The molecule has 6 heteroatoms. The van der Waals surface area contributed by atoms with Crippen LogP contribution < -0.4 is 0 Å². The van der Waals surface area contributed by atoms with Crippen LogP contribution in [0.3, 0.4) is 0 Å². The van der Waals surface area contributed by atoms with E-state index in [0.717, 1.165) is 16.3 Å². The van der Waals surface area contributed by atoms with E-state index in [9.17, 15) is 20.0 Å². The van der Waals surface area contributed by atoms with Gasteiger partial charge in [0.1, 0.15) is 11.2 Å². The number of carbonyl (C=O) groups is 1. The van der Waals surface area contributed by atoms with Crippen molar-refractivity contribution in [2.45, 2.75) is 0 Å². The first-order valence-corrected chi connectivity index (χ1v) is 8.35. The van der Waals surface area contributed by atoms with Crippen LogP contribution in [0, 0.1) is 22.0 Å². The van der Waals surface area contributed by atoms with Crippen LogP contribution in [-0.4, -0.2) is 21.0 Å². The van der Waals surface area contributed by atoms with Crippen LogP contribution in [0.15, 0.2) is 66.7 Å². The minimum absolute atomic E-state index is 0.00946. The van der Waals surface area contributed by atoms with Crippen LogP contribution >= 0.6 is 0 Å². The summed E-state index contributed by atoms with van der Waals surface area (Å²) in [7, 11) is 0. The molecule has 0 unspecified atom stereocenters. The molecule has 0 radical (unpaired) electrons. The summed E-state index contributed by atoms with van der Waals surface area (Å²) in [6.45, 7) is 0. The number of carboxylic acids is 1. The van der Waals surface area contributed by atoms with E-state index in [0.29, 0.717) is 10.9 Å². The van der Waals surface area contributed by atoms with Crippen LogP contribution in [0.5, 0.6) is 0 Å². The lowest BCUT2D eigenvalue weighted by Crippen LogP contribution is -2.03. The minimum Gasteiger partial charge on any atom is -0.477 e.